The molecule has 0 radical (unpaired) electrons. The average molecular weight is 306 g/mol. The smallest absolute Gasteiger partial charge is 0.195 e. The van der Waals surface area contributed by atoms with Crippen molar-refractivity contribution in [3.8, 4) is 0 Å². The number of nitrogens with one attached hydrogen (secondary N) is 1. The summed E-state index contributed by atoms with van der Waals surface area (Å²) >= 11 is 10.1. The molecule has 2 aromatic heterocycles. The Balaban J connectivity index is 2.31. The highest BCUT2D eigenvalue weighted by Crippen LogP contribution is 2.23. The number of aromatic amines is 1. The minimum Gasteiger partial charge on any atom is -0.388 e. The van der Waals surface area contributed by atoms with E-state index < -0.39 is 0 Å². The highest BCUT2D eigenvalue weighted by Gasteiger charge is 2.06. The minimum absolute atomic E-state index is 0.111. The molecule has 0 aliphatic heterocycles. The van der Waals surface area contributed by atoms with Crippen LogP contribution >= 0.6 is 39.5 Å². The van der Waals surface area contributed by atoms with Crippen molar-refractivity contribution >= 4 is 39.5 Å². The van der Waals surface area contributed by atoms with Gasteiger partial charge in [-0.15, -0.1) is 11.3 Å². The van der Waals surface area contributed by atoms with E-state index in [-0.39, 0.29) is 6.61 Å². The first-order valence-electron chi connectivity index (χ1n) is 4.20. The van der Waals surface area contributed by atoms with E-state index in [1.165, 1.54) is 0 Å². The van der Waals surface area contributed by atoms with Crippen molar-refractivity contribution in [1.82, 2.24) is 14.8 Å². The van der Waals surface area contributed by atoms with Gasteiger partial charge in [0.05, 0.1) is 10.3 Å². The van der Waals surface area contributed by atoms with Gasteiger partial charge < -0.3 is 5.11 Å². The van der Waals surface area contributed by atoms with E-state index >= 15 is 0 Å². The lowest BCUT2D eigenvalue weighted by atomic mass is 10.4. The van der Waals surface area contributed by atoms with E-state index in [1.807, 2.05) is 12.1 Å². The van der Waals surface area contributed by atoms with E-state index in [2.05, 4.69) is 26.1 Å². The van der Waals surface area contributed by atoms with Crippen LogP contribution in [0.4, 0.5) is 0 Å². The van der Waals surface area contributed by atoms with Crippen molar-refractivity contribution in [1.29, 1.82) is 0 Å². The van der Waals surface area contributed by atoms with Crippen LogP contribution in [0.3, 0.4) is 0 Å². The molecule has 0 aromatic carbocycles. The molecule has 2 heterocycles. The van der Waals surface area contributed by atoms with Crippen molar-refractivity contribution < 1.29 is 5.11 Å². The molecule has 0 atom stereocenters. The monoisotopic (exact) mass is 305 g/mol. The van der Waals surface area contributed by atoms with Crippen molar-refractivity contribution in [3.05, 3.63) is 31.4 Å². The van der Waals surface area contributed by atoms with Gasteiger partial charge in [0.25, 0.3) is 0 Å². The van der Waals surface area contributed by atoms with Crippen molar-refractivity contribution in [2.75, 3.05) is 0 Å². The van der Waals surface area contributed by atoms with Gasteiger partial charge in [-0.3, -0.25) is 9.67 Å². The van der Waals surface area contributed by atoms with Crippen molar-refractivity contribution in [2.45, 2.75) is 13.2 Å². The van der Waals surface area contributed by atoms with Crippen LogP contribution in [0.1, 0.15) is 10.7 Å². The number of thiophene rings is 1. The Morgan fingerprint density at radius 3 is 3.00 bits per heavy atom. The maximum atomic E-state index is 9.06. The van der Waals surface area contributed by atoms with Crippen molar-refractivity contribution in [2.24, 2.45) is 0 Å². The number of halogens is 1. The van der Waals surface area contributed by atoms with Gasteiger partial charge in [-0.05, 0) is 40.3 Å². The summed E-state index contributed by atoms with van der Waals surface area (Å²) in [5.74, 6) is 0.560. The number of H-pyrrole nitrogens is 1. The van der Waals surface area contributed by atoms with Crippen LogP contribution in [0.15, 0.2) is 15.9 Å². The molecular formula is C8H8BrN3OS2. The maximum Gasteiger partial charge on any atom is 0.195 e. The number of hydrogen-bond donors (Lipinski definition) is 2. The van der Waals surface area contributed by atoms with Gasteiger partial charge in [-0.1, -0.05) is 0 Å². The number of aliphatic hydroxyl groups excluding tert-OH is 1. The van der Waals surface area contributed by atoms with E-state index in [4.69, 9.17) is 17.3 Å². The first kappa shape index (κ1) is 11.0. The molecule has 7 heteroatoms. The third kappa shape index (κ3) is 2.36. The highest BCUT2D eigenvalue weighted by atomic mass is 79.9. The fraction of sp³-hybridized carbons (Fsp3) is 0.250. The Hall–Kier alpha value is -0.500. The zero-order valence-corrected chi connectivity index (χ0v) is 10.8. The molecule has 0 aliphatic rings. The van der Waals surface area contributed by atoms with Crippen molar-refractivity contribution in [3.63, 3.8) is 0 Å². The molecule has 0 fully saturated rings. The third-order valence-corrected chi connectivity index (χ3v) is 3.84. The summed E-state index contributed by atoms with van der Waals surface area (Å²) in [5, 5.41) is 15.6. The summed E-state index contributed by atoms with van der Waals surface area (Å²) in [6.45, 7) is 0.529. The molecule has 0 unspecified atom stereocenters. The lowest BCUT2D eigenvalue weighted by Crippen LogP contribution is -2.04. The van der Waals surface area contributed by atoms with Crippen LogP contribution < -0.4 is 0 Å². The molecule has 2 aromatic rings. The molecule has 0 spiro atoms. The molecule has 0 bridgehead atoms. The van der Waals surface area contributed by atoms with Crippen LogP contribution in [0.25, 0.3) is 0 Å². The number of hydrogen-bond acceptors (Lipinski definition) is 4. The number of aromatic nitrogens is 3. The normalized spacial score (nSPS) is 10.8. The van der Waals surface area contributed by atoms with Crippen LogP contribution in [-0.4, -0.2) is 19.9 Å². The van der Waals surface area contributed by atoms with E-state index in [0.29, 0.717) is 17.1 Å². The second-order valence-electron chi connectivity index (χ2n) is 2.90. The molecule has 0 amide bonds. The molecule has 0 saturated carbocycles. The van der Waals surface area contributed by atoms with Gasteiger partial charge in [0.1, 0.15) is 6.61 Å². The Morgan fingerprint density at radius 2 is 2.40 bits per heavy atom. The maximum absolute atomic E-state index is 9.06. The van der Waals surface area contributed by atoms with Gasteiger partial charge >= 0.3 is 0 Å². The van der Waals surface area contributed by atoms with E-state index in [1.54, 1.807) is 15.9 Å². The molecule has 80 valence electrons. The quantitative estimate of drug-likeness (QED) is 0.856. The molecule has 2 N–H and O–H groups in total. The highest BCUT2D eigenvalue weighted by molar-refractivity contribution is 9.11. The first-order chi connectivity index (χ1) is 7.20. The average Bonchev–Trinajstić information content (AvgIpc) is 2.76. The fourth-order valence-corrected chi connectivity index (χ4v) is 2.91. The minimum atomic E-state index is -0.111. The molecule has 4 nitrogen and oxygen atoms in total. The SMILES string of the molecule is OCc1n[nH]c(=S)n1Cc1ccc(Br)s1. The van der Waals surface area contributed by atoms with Gasteiger partial charge in [-0.2, -0.15) is 5.10 Å². The summed E-state index contributed by atoms with van der Waals surface area (Å²) in [4.78, 5) is 1.16. The van der Waals surface area contributed by atoms with Gasteiger partial charge in [0.2, 0.25) is 0 Å². The lowest BCUT2D eigenvalue weighted by molar-refractivity contribution is 0.265. The summed E-state index contributed by atoms with van der Waals surface area (Å²) in [7, 11) is 0. The summed E-state index contributed by atoms with van der Waals surface area (Å²) in [6, 6.07) is 4.01. The standard InChI is InChI=1S/C8H8BrN3OS2/c9-6-2-1-5(15-6)3-12-7(4-13)10-11-8(12)14/h1-2,13H,3-4H2,(H,11,14). The van der Waals surface area contributed by atoms with Crippen LogP contribution in [-0.2, 0) is 13.2 Å². The van der Waals surface area contributed by atoms with Gasteiger partial charge in [-0.25, -0.2) is 0 Å². The predicted octanol–water partition coefficient (Wildman–Crippen LogP) is 2.31. The van der Waals surface area contributed by atoms with Gasteiger partial charge in [0, 0.05) is 4.88 Å². The predicted molar refractivity (Wildman–Crippen MR) is 64.5 cm³/mol. The molecule has 15 heavy (non-hydrogen) atoms. The Kier molecular flexibility index (Phi) is 3.35. The Labute approximate surface area is 104 Å². The lowest BCUT2D eigenvalue weighted by Gasteiger charge is -2.01. The number of nitrogens with zero attached hydrogens (tertiary/aromatic N) is 2. The van der Waals surface area contributed by atoms with E-state index in [0.717, 1.165) is 8.66 Å². The third-order valence-electron chi connectivity index (χ3n) is 1.92. The second-order valence-corrected chi connectivity index (χ2v) is 5.83. The second kappa shape index (κ2) is 4.56. The number of aliphatic hydroxyl groups is 1. The molecular weight excluding hydrogens is 298 g/mol. The number of rotatable bonds is 3. The summed E-state index contributed by atoms with van der Waals surface area (Å²) < 4.78 is 3.40. The zero-order chi connectivity index (χ0) is 10.8. The Bertz CT molecular complexity index is 516. The Morgan fingerprint density at radius 1 is 1.60 bits per heavy atom. The summed E-state index contributed by atoms with van der Waals surface area (Å²) in [5.41, 5.74) is 0. The molecule has 0 aliphatic carbocycles. The summed E-state index contributed by atoms with van der Waals surface area (Å²) in [6.07, 6.45) is 0. The van der Waals surface area contributed by atoms with Crippen LogP contribution in [0, 0.1) is 4.77 Å². The molecule has 0 saturated heterocycles. The van der Waals surface area contributed by atoms with Gasteiger partial charge in [0.15, 0.2) is 10.6 Å². The van der Waals surface area contributed by atoms with Crippen LogP contribution in [0.5, 0.6) is 0 Å². The molecule has 2 rings (SSSR count). The topological polar surface area (TPSA) is 53.8 Å². The first-order valence-corrected chi connectivity index (χ1v) is 6.21. The fourth-order valence-electron chi connectivity index (χ4n) is 1.23. The largest absolute Gasteiger partial charge is 0.388 e. The zero-order valence-electron chi connectivity index (χ0n) is 7.61. The van der Waals surface area contributed by atoms with Crippen LogP contribution in [0.2, 0.25) is 0 Å². The van der Waals surface area contributed by atoms with E-state index in [9.17, 15) is 0 Å².